The van der Waals surface area contributed by atoms with Crippen LogP contribution >= 0.6 is 0 Å². The first-order valence-corrected chi connectivity index (χ1v) is 17.2. The Bertz CT molecular complexity index is 1140. The summed E-state index contributed by atoms with van der Waals surface area (Å²) < 4.78 is 7.49. The molecule has 2 nitrogen and oxygen atoms in total. The van der Waals surface area contributed by atoms with Gasteiger partial charge in [0.15, 0.2) is 0 Å². The molecule has 1 N–H and O–H groups in total. The molecule has 0 bridgehead atoms. The third-order valence-electron chi connectivity index (χ3n) is 15.8. The average molecular weight is 547 g/mol. The van der Waals surface area contributed by atoms with E-state index in [9.17, 15) is 5.11 Å². The predicted octanol–water partition coefficient (Wildman–Crippen LogP) is 9.39. The Labute approximate surface area is 245 Å². The molecule has 5 aliphatic carbocycles. The molecule has 1 heterocycles. The van der Waals surface area contributed by atoms with Crippen molar-refractivity contribution in [3.8, 4) is 0 Å². The van der Waals surface area contributed by atoms with Crippen LogP contribution in [0.15, 0.2) is 18.2 Å². The van der Waals surface area contributed by atoms with Gasteiger partial charge in [0.05, 0.1) is 17.3 Å². The van der Waals surface area contributed by atoms with Crippen molar-refractivity contribution in [3.63, 3.8) is 0 Å². The van der Waals surface area contributed by atoms with Crippen molar-refractivity contribution in [1.29, 1.82) is 0 Å². The first-order valence-electron chi connectivity index (χ1n) is 17.2. The SMILES string of the molecule is Cc1cccc(C)c1[C@H]1CC2[C@@H]3C[C@]4(C)OC5(CCC(C)CC5)[C@@H](C)[C@@H]4[C@@]3(C)CC[C@]2(C)[C@@]2(C)CC[C@H](O)C[C@H]12. The summed E-state index contributed by atoms with van der Waals surface area (Å²) in [6, 6.07) is 6.94. The predicted molar refractivity (Wildman–Crippen MR) is 164 cm³/mol. The van der Waals surface area contributed by atoms with Crippen LogP contribution in [-0.4, -0.2) is 22.4 Å². The van der Waals surface area contributed by atoms with E-state index >= 15 is 0 Å². The van der Waals surface area contributed by atoms with Gasteiger partial charge in [-0.1, -0.05) is 52.8 Å². The van der Waals surface area contributed by atoms with Gasteiger partial charge in [-0.2, -0.15) is 0 Å². The van der Waals surface area contributed by atoms with Crippen molar-refractivity contribution in [2.75, 3.05) is 0 Å². The summed E-state index contributed by atoms with van der Waals surface area (Å²) in [6.45, 7) is 20.4. The van der Waals surface area contributed by atoms with Gasteiger partial charge in [-0.15, -0.1) is 0 Å². The lowest BCUT2D eigenvalue weighted by atomic mass is 9.36. The molecule has 2 heteroatoms. The molecule has 6 fully saturated rings. The molecule has 1 unspecified atom stereocenters. The van der Waals surface area contributed by atoms with E-state index in [1.54, 1.807) is 5.56 Å². The molecule has 1 spiro atoms. The Hall–Kier alpha value is -0.860. The van der Waals surface area contributed by atoms with Crippen LogP contribution in [0.5, 0.6) is 0 Å². The lowest BCUT2D eigenvalue weighted by Crippen LogP contribution is -2.62. The van der Waals surface area contributed by atoms with Crippen molar-refractivity contribution < 1.29 is 9.84 Å². The molecule has 5 saturated carbocycles. The number of rotatable bonds is 1. The second-order valence-corrected chi connectivity index (χ2v) is 17.4. The maximum Gasteiger partial charge on any atom is 0.0719 e. The minimum atomic E-state index is -0.132. The first kappa shape index (κ1) is 27.9. The Kier molecular flexibility index (Phi) is 6.18. The molecule has 0 radical (unpaired) electrons. The highest BCUT2D eigenvalue weighted by atomic mass is 16.5. The van der Waals surface area contributed by atoms with E-state index in [4.69, 9.17) is 4.74 Å². The van der Waals surface area contributed by atoms with Crippen molar-refractivity contribution >= 4 is 0 Å². The van der Waals surface area contributed by atoms with Crippen molar-refractivity contribution in [2.45, 2.75) is 149 Å². The average Bonchev–Trinajstić information content (AvgIpc) is 3.26. The minimum Gasteiger partial charge on any atom is -0.393 e. The number of aryl methyl sites for hydroxylation is 2. The Morgan fingerprint density at radius 2 is 1.43 bits per heavy atom. The Morgan fingerprint density at radius 3 is 2.10 bits per heavy atom. The van der Waals surface area contributed by atoms with E-state index in [-0.39, 0.29) is 22.7 Å². The van der Waals surface area contributed by atoms with Crippen molar-refractivity contribution in [1.82, 2.24) is 0 Å². The summed E-state index contributed by atoms with van der Waals surface area (Å²) in [5.41, 5.74) is 5.70. The van der Waals surface area contributed by atoms with Crippen LogP contribution in [-0.2, 0) is 4.74 Å². The van der Waals surface area contributed by atoms with Gasteiger partial charge in [0.1, 0.15) is 0 Å². The van der Waals surface area contributed by atoms with Crippen LogP contribution in [0, 0.1) is 65.6 Å². The summed E-state index contributed by atoms with van der Waals surface area (Å²) in [7, 11) is 0. The molecule has 11 atom stereocenters. The van der Waals surface area contributed by atoms with Gasteiger partial charge in [0.25, 0.3) is 0 Å². The number of aliphatic hydroxyl groups is 1. The van der Waals surface area contributed by atoms with Crippen LogP contribution in [0.1, 0.15) is 135 Å². The molecular weight excluding hydrogens is 488 g/mol. The highest BCUT2D eigenvalue weighted by Gasteiger charge is 2.74. The van der Waals surface area contributed by atoms with Gasteiger partial charge in [0.2, 0.25) is 0 Å². The third kappa shape index (κ3) is 3.48. The second kappa shape index (κ2) is 8.84. The molecule has 1 aromatic rings. The summed E-state index contributed by atoms with van der Waals surface area (Å²) in [5.74, 6) is 4.79. The zero-order chi connectivity index (χ0) is 28.5. The van der Waals surface area contributed by atoms with Crippen LogP contribution in [0.2, 0.25) is 0 Å². The lowest BCUT2D eigenvalue weighted by molar-refractivity contribution is -0.197. The maximum absolute atomic E-state index is 11.0. The smallest absolute Gasteiger partial charge is 0.0719 e. The summed E-state index contributed by atoms with van der Waals surface area (Å²) in [4.78, 5) is 0. The summed E-state index contributed by atoms with van der Waals surface area (Å²) >= 11 is 0. The molecule has 0 amide bonds. The molecule has 40 heavy (non-hydrogen) atoms. The van der Waals surface area contributed by atoms with Gasteiger partial charge in [-0.05, 0) is 166 Å². The Balaban J connectivity index is 1.30. The highest BCUT2D eigenvalue weighted by molar-refractivity contribution is 5.39. The number of benzene rings is 1. The van der Waals surface area contributed by atoms with Crippen LogP contribution in [0.25, 0.3) is 0 Å². The molecule has 222 valence electrons. The largest absolute Gasteiger partial charge is 0.393 e. The summed E-state index contributed by atoms with van der Waals surface area (Å²) in [6.07, 6.45) is 13.6. The van der Waals surface area contributed by atoms with Crippen LogP contribution in [0.4, 0.5) is 0 Å². The van der Waals surface area contributed by atoms with E-state index in [1.807, 2.05) is 0 Å². The molecular formula is C38H58O2. The number of fused-ring (bicyclic) bond motifs is 7. The second-order valence-electron chi connectivity index (χ2n) is 17.4. The quantitative estimate of drug-likeness (QED) is 0.380. The topological polar surface area (TPSA) is 29.5 Å². The first-order chi connectivity index (χ1) is 18.8. The van der Waals surface area contributed by atoms with Crippen molar-refractivity contribution in [3.05, 3.63) is 34.9 Å². The molecule has 1 aromatic carbocycles. The van der Waals surface area contributed by atoms with Gasteiger partial charge in [-0.25, -0.2) is 0 Å². The van der Waals surface area contributed by atoms with Gasteiger partial charge in [-0.3, -0.25) is 0 Å². The van der Waals surface area contributed by atoms with Gasteiger partial charge >= 0.3 is 0 Å². The van der Waals surface area contributed by atoms with E-state index in [0.717, 1.165) is 30.6 Å². The van der Waals surface area contributed by atoms with E-state index in [1.165, 1.54) is 68.9 Å². The minimum absolute atomic E-state index is 0.0270. The number of ether oxygens (including phenoxy) is 1. The standard InChI is InChI=1S/C38H58O2/c1-23-12-16-38(17-13-23)26(4)33-34(5)18-19-36(7)30(31(34)22-37(33,8)40-38)21-28(32-24(2)10-9-11-25(32)3)29-20-27(39)14-15-35(29,36)6/h9-11,23,26-31,33,39H,12-22H2,1-8H3/t23?,26-,27-,28-,29+,30?,31-,33+,34-,35-,36-,37-,38?/m0/s1. The lowest BCUT2D eigenvalue weighted by Gasteiger charge is -2.69. The molecule has 1 saturated heterocycles. The number of hydrogen-bond acceptors (Lipinski definition) is 2. The molecule has 0 aromatic heterocycles. The fourth-order valence-electron chi connectivity index (χ4n) is 13.6. The number of aliphatic hydroxyl groups excluding tert-OH is 1. The highest BCUT2D eigenvalue weighted by Crippen LogP contribution is 2.78. The fourth-order valence-corrected chi connectivity index (χ4v) is 13.6. The molecule has 1 aliphatic heterocycles. The number of hydrogen-bond donors (Lipinski definition) is 1. The monoisotopic (exact) mass is 546 g/mol. The third-order valence-corrected chi connectivity index (χ3v) is 15.8. The Morgan fingerprint density at radius 1 is 0.775 bits per heavy atom. The normalized spacial score (nSPS) is 55.4. The van der Waals surface area contributed by atoms with E-state index < -0.39 is 0 Å². The van der Waals surface area contributed by atoms with E-state index in [2.05, 4.69) is 73.6 Å². The fraction of sp³-hybridized carbons (Fsp3) is 0.842. The van der Waals surface area contributed by atoms with E-state index in [0.29, 0.717) is 34.5 Å². The van der Waals surface area contributed by atoms with Gasteiger partial charge in [0, 0.05) is 0 Å². The zero-order valence-corrected chi connectivity index (χ0v) is 27.0. The maximum atomic E-state index is 11.0. The van der Waals surface area contributed by atoms with Crippen LogP contribution < -0.4 is 0 Å². The zero-order valence-electron chi connectivity index (χ0n) is 27.0. The van der Waals surface area contributed by atoms with Crippen molar-refractivity contribution in [2.24, 2.45) is 51.8 Å². The molecule has 6 aliphatic rings. The van der Waals surface area contributed by atoms with Gasteiger partial charge < -0.3 is 9.84 Å². The molecule has 7 rings (SSSR count). The van der Waals surface area contributed by atoms with Crippen LogP contribution in [0.3, 0.4) is 0 Å². The summed E-state index contributed by atoms with van der Waals surface area (Å²) in [5, 5.41) is 11.0.